The Morgan fingerprint density at radius 3 is 2.59 bits per heavy atom. The molecule has 3 aromatic heterocycles. The highest BCUT2D eigenvalue weighted by atomic mass is 19.4. The Labute approximate surface area is 232 Å². The zero-order valence-electron chi connectivity index (χ0n) is 21.6. The Kier molecular flexibility index (Phi) is 6.98. The summed E-state index contributed by atoms with van der Waals surface area (Å²) in [5.74, 6) is 0.0532. The quantitative estimate of drug-likeness (QED) is 0.284. The summed E-state index contributed by atoms with van der Waals surface area (Å²) < 4.78 is 53.2. The summed E-state index contributed by atoms with van der Waals surface area (Å²) in [6.07, 6.45) is 1.48. The Hall–Kier alpha value is -4.26. The third kappa shape index (κ3) is 5.80. The second-order valence-corrected chi connectivity index (χ2v) is 10.1. The monoisotopic (exact) mass is 565 g/mol. The van der Waals surface area contributed by atoms with Crippen molar-refractivity contribution in [2.45, 2.75) is 37.6 Å². The van der Waals surface area contributed by atoms with Gasteiger partial charge in [-0.15, -0.1) is 0 Å². The number of morpholine rings is 1. The van der Waals surface area contributed by atoms with E-state index in [0.717, 1.165) is 12.5 Å². The van der Waals surface area contributed by atoms with Gasteiger partial charge < -0.3 is 25.3 Å². The molecule has 0 spiro atoms. The first-order chi connectivity index (χ1) is 19.6. The molecular formula is C29H26F3N5O4. The van der Waals surface area contributed by atoms with Crippen molar-refractivity contribution in [1.29, 1.82) is 0 Å². The molecule has 3 atom stereocenters. The van der Waals surface area contributed by atoms with Crippen molar-refractivity contribution in [3.05, 3.63) is 83.4 Å². The molecule has 0 aliphatic carbocycles. The van der Waals surface area contributed by atoms with E-state index in [-0.39, 0.29) is 41.0 Å². The number of anilines is 1. The number of aromatic nitrogens is 2. The van der Waals surface area contributed by atoms with Gasteiger partial charge in [0, 0.05) is 54.5 Å². The van der Waals surface area contributed by atoms with Gasteiger partial charge in [0.2, 0.25) is 5.91 Å². The standard InChI is InChI=1S/C29H26F3N5O4/c30-29(31,32)23-9-18(24-4-3-17(12-34-24)28(39)37-14-21-10-22(15-37)40-21)7-19-8-20(41-27(19)23)13-36-26(38)6-2-16-1-5-25(33)35-11-16/h1-9,11-12,21-22,28,39H,10,13-15H2,(H2,33,35)(H,36,38)/b6-2+. The lowest BCUT2D eigenvalue weighted by atomic mass is 9.98. The number of rotatable bonds is 7. The van der Waals surface area contributed by atoms with Crippen LogP contribution in [-0.4, -0.2) is 51.2 Å². The van der Waals surface area contributed by atoms with Crippen molar-refractivity contribution in [3.63, 3.8) is 0 Å². The van der Waals surface area contributed by atoms with Crippen LogP contribution in [0.4, 0.5) is 19.0 Å². The van der Waals surface area contributed by atoms with Crippen molar-refractivity contribution in [2.24, 2.45) is 0 Å². The number of carbonyl (C=O) groups is 1. The van der Waals surface area contributed by atoms with Gasteiger partial charge in [-0.05, 0) is 48.0 Å². The van der Waals surface area contributed by atoms with Crippen LogP contribution in [0.3, 0.4) is 0 Å². The largest absolute Gasteiger partial charge is 0.459 e. The number of fused-ring (bicyclic) bond motifs is 3. The van der Waals surface area contributed by atoms with Crippen molar-refractivity contribution >= 4 is 28.8 Å². The fraction of sp³-hybridized carbons (Fsp3) is 0.276. The maximum absolute atomic E-state index is 14.0. The lowest BCUT2D eigenvalue weighted by Gasteiger charge is -2.48. The molecule has 7 rings (SSSR count). The smallest absolute Gasteiger partial charge is 0.420 e. The van der Waals surface area contributed by atoms with Crippen LogP contribution < -0.4 is 11.1 Å². The summed E-state index contributed by atoms with van der Waals surface area (Å²) in [6, 6.07) is 10.6. The number of aliphatic hydroxyl groups is 1. The van der Waals surface area contributed by atoms with Crippen LogP contribution in [0.15, 0.2) is 65.4 Å². The van der Waals surface area contributed by atoms with E-state index in [4.69, 9.17) is 14.9 Å². The minimum absolute atomic E-state index is 0.113. The number of piperidine rings is 1. The van der Waals surface area contributed by atoms with Crippen LogP contribution in [0.1, 0.15) is 35.1 Å². The number of nitrogens with one attached hydrogen (secondary N) is 1. The molecule has 212 valence electrons. The molecule has 3 saturated heterocycles. The SMILES string of the molecule is Nc1ccc(/C=C/C(=O)NCc2cc3cc(-c4ccc(C(O)N5CC6CC(C5)O6)cn4)cc(C(F)(F)F)c3o2)cn1. The molecular weight excluding hydrogens is 539 g/mol. The van der Waals surface area contributed by atoms with E-state index in [9.17, 15) is 23.1 Å². The zero-order chi connectivity index (χ0) is 28.7. The maximum atomic E-state index is 14.0. The van der Waals surface area contributed by atoms with E-state index in [1.165, 1.54) is 30.6 Å². The number of nitrogens with zero attached hydrogens (tertiary/aromatic N) is 3. The Morgan fingerprint density at radius 1 is 1.15 bits per heavy atom. The Morgan fingerprint density at radius 2 is 1.93 bits per heavy atom. The van der Waals surface area contributed by atoms with Gasteiger partial charge in [0.1, 0.15) is 23.4 Å². The summed E-state index contributed by atoms with van der Waals surface area (Å²) in [5.41, 5.74) is 6.04. The normalized spacial score (nSPS) is 19.8. The molecule has 1 aromatic carbocycles. The lowest BCUT2D eigenvalue weighted by molar-refractivity contribution is -0.208. The van der Waals surface area contributed by atoms with Crippen molar-refractivity contribution in [2.75, 3.05) is 18.8 Å². The fourth-order valence-corrected chi connectivity index (χ4v) is 5.10. The number of halogens is 3. The minimum Gasteiger partial charge on any atom is -0.459 e. The topological polar surface area (TPSA) is 127 Å². The lowest BCUT2D eigenvalue weighted by Crippen LogP contribution is -2.57. The van der Waals surface area contributed by atoms with Crippen molar-refractivity contribution in [3.8, 4) is 11.3 Å². The summed E-state index contributed by atoms with van der Waals surface area (Å²) >= 11 is 0. The van der Waals surface area contributed by atoms with Gasteiger partial charge in [-0.3, -0.25) is 14.7 Å². The molecule has 9 nitrogen and oxygen atoms in total. The average Bonchev–Trinajstić information content (AvgIpc) is 3.37. The number of aliphatic hydroxyl groups excluding tert-OH is 1. The highest BCUT2D eigenvalue weighted by molar-refractivity contribution is 5.92. The predicted octanol–water partition coefficient (Wildman–Crippen LogP) is 4.28. The van der Waals surface area contributed by atoms with Crippen molar-refractivity contribution in [1.82, 2.24) is 20.2 Å². The van der Waals surface area contributed by atoms with Crippen LogP contribution in [0.5, 0.6) is 0 Å². The number of carbonyl (C=O) groups excluding carboxylic acids is 1. The minimum atomic E-state index is -4.68. The molecule has 12 heteroatoms. The van der Waals surface area contributed by atoms with Gasteiger partial charge in [-0.25, -0.2) is 4.98 Å². The number of hydrogen-bond donors (Lipinski definition) is 3. The third-order valence-electron chi connectivity index (χ3n) is 7.16. The molecule has 0 radical (unpaired) electrons. The van der Waals surface area contributed by atoms with Gasteiger partial charge >= 0.3 is 6.18 Å². The number of nitrogen functional groups attached to an aromatic ring is 1. The first kappa shape index (κ1) is 26.9. The van der Waals surface area contributed by atoms with Gasteiger partial charge in [0.25, 0.3) is 0 Å². The van der Waals surface area contributed by atoms with Crippen LogP contribution in [0.2, 0.25) is 0 Å². The molecule has 3 unspecified atom stereocenters. The van der Waals surface area contributed by atoms with Gasteiger partial charge in [0.15, 0.2) is 0 Å². The summed E-state index contributed by atoms with van der Waals surface area (Å²) in [6.45, 7) is 1.12. The number of furan rings is 1. The molecule has 4 N–H and O–H groups in total. The fourth-order valence-electron chi connectivity index (χ4n) is 5.10. The Balaban J connectivity index is 1.19. The first-order valence-corrected chi connectivity index (χ1v) is 13.0. The number of benzene rings is 1. The number of pyridine rings is 2. The van der Waals surface area contributed by atoms with E-state index in [1.54, 1.807) is 30.3 Å². The molecule has 41 heavy (non-hydrogen) atoms. The van der Waals surface area contributed by atoms with Gasteiger partial charge in [-0.1, -0.05) is 6.07 Å². The summed E-state index contributed by atoms with van der Waals surface area (Å²) in [5, 5.41) is 13.6. The van der Waals surface area contributed by atoms with E-state index >= 15 is 0 Å². The molecule has 3 fully saturated rings. The highest BCUT2D eigenvalue weighted by Crippen LogP contribution is 2.39. The zero-order valence-corrected chi connectivity index (χ0v) is 21.6. The number of amides is 1. The van der Waals surface area contributed by atoms with Crippen LogP contribution in [0, 0.1) is 0 Å². The number of nitrogens with two attached hydrogens (primary N) is 1. The molecule has 6 heterocycles. The van der Waals surface area contributed by atoms with Gasteiger partial charge in [0.05, 0.1) is 30.0 Å². The molecule has 1 amide bonds. The predicted molar refractivity (Wildman–Crippen MR) is 144 cm³/mol. The van der Waals surface area contributed by atoms with E-state index in [0.29, 0.717) is 35.7 Å². The van der Waals surface area contributed by atoms with E-state index in [2.05, 4.69) is 15.3 Å². The maximum Gasteiger partial charge on any atom is 0.420 e. The highest BCUT2D eigenvalue weighted by Gasteiger charge is 2.40. The van der Waals surface area contributed by atoms with Crippen LogP contribution >= 0.6 is 0 Å². The number of hydrogen-bond acceptors (Lipinski definition) is 8. The van der Waals surface area contributed by atoms with Crippen LogP contribution in [-0.2, 0) is 22.3 Å². The number of ether oxygens (including phenoxy) is 1. The van der Waals surface area contributed by atoms with E-state index < -0.39 is 23.9 Å². The molecule has 2 bridgehead atoms. The van der Waals surface area contributed by atoms with E-state index in [1.807, 2.05) is 4.90 Å². The van der Waals surface area contributed by atoms with Crippen molar-refractivity contribution < 1.29 is 32.2 Å². The van der Waals surface area contributed by atoms with Gasteiger partial charge in [-0.2, -0.15) is 13.2 Å². The Bertz CT molecular complexity index is 1590. The number of alkyl halides is 3. The molecule has 4 aromatic rings. The molecule has 0 saturated carbocycles. The molecule has 3 aliphatic heterocycles. The first-order valence-electron chi connectivity index (χ1n) is 13.0. The van der Waals surface area contributed by atoms with Crippen LogP contribution in [0.25, 0.3) is 28.3 Å². The molecule has 3 aliphatic rings. The third-order valence-corrected chi connectivity index (χ3v) is 7.16. The second kappa shape index (κ2) is 10.6. The second-order valence-electron chi connectivity index (χ2n) is 10.1. The summed E-state index contributed by atoms with van der Waals surface area (Å²) in [7, 11) is 0. The average molecular weight is 566 g/mol. The summed E-state index contributed by atoms with van der Waals surface area (Å²) in [4.78, 5) is 22.4.